The highest BCUT2D eigenvalue weighted by molar-refractivity contribution is 5.93. The lowest BCUT2D eigenvalue weighted by Crippen LogP contribution is -2.39. The summed E-state index contributed by atoms with van der Waals surface area (Å²) < 4.78 is 14.2. The van der Waals surface area contributed by atoms with Crippen molar-refractivity contribution in [3.8, 4) is 0 Å². The highest BCUT2D eigenvalue weighted by Crippen LogP contribution is 2.18. The number of rotatable bonds is 19. The topological polar surface area (TPSA) is 145 Å². The Labute approximate surface area is 344 Å². The van der Waals surface area contributed by atoms with Gasteiger partial charge in [0, 0.05) is 45.2 Å². The second kappa shape index (κ2) is 36.0. The standard InChI is InChI=1S/C20H35N5O3.C12H20O.C7H8O.C4H6N2.C2H6/c1-5-14(3)22-19(27)17-12-16(20(28-4)21-6-2)24-25(17)13-18(26)23-15-10-8-7-9-11-15;1-3-5-7-8-9-10-12-13-11-6-4-2;8-6-7-4-2-1-3-5-7;1-6-3-2-5-4-6;1-2/h12,14-15,20-21H,5-11,13H2,1-4H3,(H,22,27)(H,23,26);3,5,7-9H,1,4,6,10-12H2,2H3;1-5,8H,6H2;2-4H,1H3;1-2H3/b;7-5-,9-8-;;;/t14-,20?;;;;/m1..../s1. The van der Waals surface area contributed by atoms with Gasteiger partial charge in [-0.25, -0.2) is 4.98 Å². The summed E-state index contributed by atoms with van der Waals surface area (Å²) in [4.78, 5) is 29.1. The lowest BCUT2D eigenvalue weighted by Gasteiger charge is -2.23. The number of allylic oxidation sites excluding steroid dienone is 4. The lowest BCUT2D eigenvalue weighted by atomic mass is 9.95. The van der Waals surface area contributed by atoms with E-state index in [-0.39, 0.29) is 37.0 Å². The van der Waals surface area contributed by atoms with Crippen molar-refractivity contribution in [2.24, 2.45) is 7.05 Å². The number of nitrogens with one attached hydrogen (secondary N) is 3. The Morgan fingerprint density at radius 3 is 2.30 bits per heavy atom. The van der Waals surface area contributed by atoms with Crippen LogP contribution in [0.25, 0.3) is 0 Å². The largest absolute Gasteiger partial charge is 0.392 e. The first-order valence-corrected chi connectivity index (χ1v) is 20.7. The van der Waals surface area contributed by atoms with Gasteiger partial charge in [-0.05, 0) is 57.2 Å². The number of methoxy groups -OCH3 is 1. The summed E-state index contributed by atoms with van der Waals surface area (Å²) in [5.41, 5.74) is 1.92. The Kier molecular flexibility index (Phi) is 33.3. The summed E-state index contributed by atoms with van der Waals surface area (Å²) in [6, 6.07) is 11.5. The van der Waals surface area contributed by atoms with Crippen LogP contribution >= 0.6 is 0 Å². The minimum absolute atomic E-state index is 0.0162. The molecule has 1 aromatic carbocycles. The highest BCUT2D eigenvalue weighted by Gasteiger charge is 2.23. The third kappa shape index (κ3) is 26.2. The van der Waals surface area contributed by atoms with Crippen molar-refractivity contribution in [3.05, 3.63) is 109 Å². The second-order valence-corrected chi connectivity index (χ2v) is 13.1. The fourth-order valence-corrected chi connectivity index (χ4v) is 5.14. The van der Waals surface area contributed by atoms with Gasteiger partial charge >= 0.3 is 0 Å². The average Bonchev–Trinajstić information content (AvgIpc) is 3.90. The van der Waals surface area contributed by atoms with Crippen LogP contribution in [-0.4, -0.2) is 75.2 Å². The van der Waals surface area contributed by atoms with E-state index >= 15 is 0 Å². The third-order valence-corrected chi connectivity index (χ3v) is 8.41. The number of imidazole rings is 1. The first-order valence-electron chi connectivity index (χ1n) is 20.7. The Morgan fingerprint density at radius 1 is 1.05 bits per heavy atom. The Balaban J connectivity index is 0.000000880. The molecule has 2 heterocycles. The summed E-state index contributed by atoms with van der Waals surface area (Å²) >= 11 is 0. The van der Waals surface area contributed by atoms with Gasteiger partial charge in [0.1, 0.15) is 17.9 Å². The zero-order valence-electron chi connectivity index (χ0n) is 36.3. The van der Waals surface area contributed by atoms with E-state index in [1.165, 1.54) is 23.9 Å². The molecule has 1 unspecified atom stereocenters. The van der Waals surface area contributed by atoms with E-state index in [9.17, 15) is 9.59 Å². The fourth-order valence-electron chi connectivity index (χ4n) is 5.14. The molecule has 1 fully saturated rings. The number of aryl methyl sites for hydroxylation is 1. The highest BCUT2D eigenvalue weighted by atomic mass is 16.5. The van der Waals surface area contributed by atoms with Crippen LogP contribution in [0, 0.1) is 0 Å². The van der Waals surface area contributed by atoms with E-state index in [0.717, 1.165) is 57.3 Å². The maximum absolute atomic E-state index is 12.7. The van der Waals surface area contributed by atoms with Gasteiger partial charge < -0.3 is 29.8 Å². The van der Waals surface area contributed by atoms with Crippen molar-refractivity contribution < 1.29 is 24.2 Å². The monoisotopic (exact) mass is 794 g/mol. The average molecular weight is 794 g/mol. The van der Waals surface area contributed by atoms with Crippen molar-refractivity contribution in [1.29, 1.82) is 0 Å². The molecule has 4 N–H and O–H groups in total. The molecule has 0 spiro atoms. The maximum Gasteiger partial charge on any atom is 0.269 e. The molecule has 0 saturated heterocycles. The number of carbonyl (C=O) groups excluding carboxylic acids is 2. The molecule has 4 rings (SSSR count). The third-order valence-electron chi connectivity index (χ3n) is 8.41. The minimum atomic E-state index is -0.428. The molecule has 12 nitrogen and oxygen atoms in total. The van der Waals surface area contributed by atoms with Crippen molar-refractivity contribution in [2.75, 3.05) is 26.9 Å². The molecule has 2 amide bonds. The van der Waals surface area contributed by atoms with Crippen LogP contribution in [0.3, 0.4) is 0 Å². The van der Waals surface area contributed by atoms with Crippen LogP contribution < -0.4 is 16.0 Å². The molecule has 2 aromatic heterocycles. The van der Waals surface area contributed by atoms with Crippen LogP contribution in [-0.2, 0) is 34.5 Å². The van der Waals surface area contributed by atoms with E-state index in [1.54, 1.807) is 31.8 Å². The van der Waals surface area contributed by atoms with E-state index in [2.05, 4.69) is 45.6 Å². The number of aliphatic hydroxyl groups is 1. The van der Waals surface area contributed by atoms with E-state index in [1.807, 2.05) is 101 Å². The molecular weight excluding hydrogens is 719 g/mol. The van der Waals surface area contributed by atoms with Gasteiger partial charge in [-0.3, -0.25) is 19.6 Å². The van der Waals surface area contributed by atoms with Gasteiger partial charge in [-0.2, -0.15) is 5.10 Å². The van der Waals surface area contributed by atoms with Crippen molar-refractivity contribution >= 4 is 11.8 Å². The summed E-state index contributed by atoms with van der Waals surface area (Å²) in [5, 5.41) is 22.2. The number of hydrogen-bond acceptors (Lipinski definition) is 8. The SMILES string of the molecule is C=C/C=C\C=C/CCOCCCC.CC.CCNC(OC)c1cc(C(=O)N[C@H](C)CC)n(CC(=O)NC2CCCCC2)n1.Cn1ccnc1.OCc1ccccc1. The second-order valence-electron chi connectivity index (χ2n) is 13.1. The Morgan fingerprint density at radius 2 is 1.77 bits per heavy atom. The molecule has 0 radical (unpaired) electrons. The van der Waals surface area contributed by atoms with Crippen molar-refractivity contribution in [1.82, 2.24) is 35.3 Å². The van der Waals surface area contributed by atoms with Gasteiger partial charge in [0.15, 0.2) is 6.23 Å². The summed E-state index contributed by atoms with van der Waals surface area (Å²) in [6.07, 6.45) is 24.5. The first-order chi connectivity index (χ1) is 27.7. The number of unbranched alkanes of at least 4 members (excludes halogenated alkanes) is 1. The van der Waals surface area contributed by atoms with Gasteiger partial charge in [-0.15, -0.1) is 0 Å². The van der Waals surface area contributed by atoms with E-state index < -0.39 is 6.23 Å². The first kappa shape index (κ1) is 52.6. The quantitative estimate of drug-likeness (QED) is 0.0540. The minimum Gasteiger partial charge on any atom is -0.392 e. The number of ether oxygens (including phenoxy) is 2. The molecule has 1 saturated carbocycles. The Hall–Kier alpha value is -4.36. The zero-order valence-corrected chi connectivity index (χ0v) is 36.3. The number of carbonyl (C=O) groups is 2. The van der Waals surface area contributed by atoms with Gasteiger partial charge in [-0.1, -0.05) is 128 Å². The number of amides is 2. The molecule has 57 heavy (non-hydrogen) atoms. The van der Waals surface area contributed by atoms with E-state index in [0.29, 0.717) is 17.9 Å². The number of benzene rings is 1. The Bertz CT molecular complexity index is 1450. The van der Waals surface area contributed by atoms with Gasteiger partial charge in [0.05, 0.1) is 19.5 Å². The fraction of sp³-hybridized carbons (Fsp3) is 0.556. The molecule has 12 heteroatoms. The zero-order chi connectivity index (χ0) is 42.5. The summed E-state index contributed by atoms with van der Waals surface area (Å²) in [6.45, 7) is 18.3. The van der Waals surface area contributed by atoms with Gasteiger partial charge in [0.2, 0.25) is 5.91 Å². The summed E-state index contributed by atoms with van der Waals surface area (Å²) in [5.74, 6) is -0.346. The molecule has 0 bridgehead atoms. The predicted octanol–water partition coefficient (Wildman–Crippen LogP) is 8.23. The van der Waals surface area contributed by atoms with Gasteiger partial charge in [0.25, 0.3) is 5.91 Å². The molecular formula is C45H75N7O5. The van der Waals surface area contributed by atoms with Crippen molar-refractivity contribution in [2.45, 2.75) is 131 Å². The van der Waals surface area contributed by atoms with Crippen LogP contribution in [0.4, 0.5) is 0 Å². The number of aliphatic hydroxyl groups excluding tert-OH is 1. The molecule has 1 aliphatic rings. The van der Waals surface area contributed by atoms with Crippen LogP contribution in [0.5, 0.6) is 0 Å². The van der Waals surface area contributed by atoms with Crippen molar-refractivity contribution in [3.63, 3.8) is 0 Å². The molecule has 320 valence electrons. The predicted molar refractivity (Wildman–Crippen MR) is 234 cm³/mol. The number of hydrogen-bond donors (Lipinski definition) is 4. The number of aromatic nitrogens is 4. The normalized spacial score (nSPS) is 13.4. The molecule has 0 aliphatic heterocycles. The van der Waals surface area contributed by atoms with Crippen LogP contribution in [0.15, 0.2) is 92.1 Å². The lowest BCUT2D eigenvalue weighted by molar-refractivity contribution is -0.122. The van der Waals surface area contributed by atoms with Crippen LogP contribution in [0.1, 0.15) is 127 Å². The number of nitrogens with zero attached hydrogens (tertiary/aromatic N) is 4. The molecule has 2 atom stereocenters. The summed E-state index contributed by atoms with van der Waals surface area (Å²) in [7, 11) is 3.52. The van der Waals surface area contributed by atoms with E-state index in [4.69, 9.17) is 14.6 Å². The molecule has 1 aliphatic carbocycles. The van der Waals surface area contributed by atoms with Crippen LogP contribution in [0.2, 0.25) is 0 Å². The maximum atomic E-state index is 12.7. The molecule has 3 aromatic rings. The smallest absolute Gasteiger partial charge is 0.269 e.